The maximum Gasteiger partial charge on any atom is 0.249 e. The lowest BCUT2D eigenvalue weighted by atomic mass is 10.0. The fourth-order valence-corrected chi connectivity index (χ4v) is 2.56. The number of fused-ring (bicyclic) bond motifs is 2. The van der Waals surface area contributed by atoms with Crippen molar-refractivity contribution in [1.29, 1.82) is 0 Å². The molecule has 0 radical (unpaired) electrons. The van der Waals surface area contributed by atoms with Crippen LogP contribution in [0.4, 0.5) is 5.69 Å². The first-order valence-electron chi connectivity index (χ1n) is 6.39. The maximum absolute atomic E-state index is 12.0. The number of hydrogen-bond donors (Lipinski definition) is 1. The van der Waals surface area contributed by atoms with Crippen molar-refractivity contribution >= 4 is 17.6 Å². The third kappa shape index (κ3) is 1.78. The van der Waals surface area contributed by atoms with Crippen LogP contribution in [0.5, 0.6) is 0 Å². The summed E-state index contributed by atoms with van der Waals surface area (Å²) in [5, 5.41) is 2.89. The molecule has 0 saturated carbocycles. The number of carbonyl (C=O) groups excluding carboxylic acids is 1. The van der Waals surface area contributed by atoms with Crippen molar-refractivity contribution in [2.24, 2.45) is 10.9 Å². The Hall–Kier alpha value is -1.84. The number of para-hydroxylation sites is 1. The molecule has 1 N–H and O–H groups in total. The lowest BCUT2D eigenvalue weighted by Crippen LogP contribution is -2.37. The maximum atomic E-state index is 12.0. The summed E-state index contributed by atoms with van der Waals surface area (Å²) in [7, 11) is 0. The Morgan fingerprint density at radius 3 is 3.00 bits per heavy atom. The van der Waals surface area contributed by atoms with Crippen LogP contribution in [0.15, 0.2) is 29.3 Å². The van der Waals surface area contributed by atoms with Crippen LogP contribution >= 0.6 is 0 Å². The number of benzene rings is 1. The van der Waals surface area contributed by atoms with Gasteiger partial charge in [0.05, 0.1) is 5.69 Å². The van der Waals surface area contributed by atoms with Crippen molar-refractivity contribution in [1.82, 2.24) is 10.2 Å². The summed E-state index contributed by atoms with van der Waals surface area (Å²) in [6.07, 6.45) is 0.868. The summed E-state index contributed by atoms with van der Waals surface area (Å²) >= 11 is 0. The Balaban J connectivity index is 1.93. The van der Waals surface area contributed by atoms with Crippen molar-refractivity contribution in [3.63, 3.8) is 0 Å². The number of amides is 1. The van der Waals surface area contributed by atoms with E-state index in [1.807, 2.05) is 18.2 Å². The van der Waals surface area contributed by atoms with Gasteiger partial charge in [0, 0.05) is 6.54 Å². The van der Waals surface area contributed by atoms with Gasteiger partial charge in [0.25, 0.3) is 0 Å². The summed E-state index contributed by atoms with van der Waals surface area (Å²) in [6, 6.07) is 7.98. The van der Waals surface area contributed by atoms with Crippen LogP contribution in [0.2, 0.25) is 0 Å². The van der Waals surface area contributed by atoms with E-state index in [1.165, 1.54) is 5.56 Å². The number of aliphatic imine (C=N–C) groups is 1. The molecule has 1 fully saturated rings. The highest BCUT2D eigenvalue weighted by molar-refractivity contribution is 6.07. The lowest BCUT2D eigenvalue weighted by molar-refractivity contribution is -0.121. The Kier molecular flexibility index (Phi) is 2.58. The molecule has 1 amide bonds. The molecule has 18 heavy (non-hydrogen) atoms. The molecule has 0 aromatic heterocycles. The second-order valence-corrected chi connectivity index (χ2v) is 5.33. The van der Waals surface area contributed by atoms with E-state index in [4.69, 9.17) is 0 Å². The lowest BCUT2D eigenvalue weighted by Gasteiger charge is -2.28. The van der Waals surface area contributed by atoms with Gasteiger partial charge in [-0.2, -0.15) is 0 Å². The Bertz CT molecular complexity index is 522. The van der Waals surface area contributed by atoms with Gasteiger partial charge in [-0.05, 0) is 24.0 Å². The molecule has 1 aromatic rings. The molecule has 3 rings (SSSR count). The fourth-order valence-electron chi connectivity index (χ4n) is 2.56. The molecule has 4 nitrogen and oxygen atoms in total. The highest BCUT2D eigenvalue weighted by atomic mass is 16.2. The molecule has 2 aliphatic heterocycles. The predicted octanol–water partition coefficient (Wildman–Crippen LogP) is 2.03. The van der Waals surface area contributed by atoms with Crippen molar-refractivity contribution in [3.8, 4) is 0 Å². The van der Waals surface area contributed by atoms with Crippen LogP contribution in [-0.2, 0) is 11.3 Å². The number of nitrogens with one attached hydrogen (secondary N) is 1. The van der Waals surface area contributed by atoms with Crippen molar-refractivity contribution < 1.29 is 4.79 Å². The Morgan fingerprint density at radius 1 is 1.44 bits per heavy atom. The number of hydrogen-bond acceptors (Lipinski definition) is 3. The highest BCUT2D eigenvalue weighted by Crippen LogP contribution is 2.30. The molecule has 2 aliphatic rings. The zero-order valence-corrected chi connectivity index (χ0v) is 10.7. The number of carbonyl (C=O) groups is 1. The molecule has 0 unspecified atom stereocenters. The monoisotopic (exact) mass is 243 g/mol. The largest absolute Gasteiger partial charge is 0.326 e. The molecule has 4 heteroatoms. The van der Waals surface area contributed by atoms with Gasteiger partial charge in [-0.3, -0.25) is 10.1 Å². The van der Waals surface area contributed by atoms with E-state index in [0.29, 0.717) is 11.9 Å². The minimum atomic E-state index is -0.0721. The smallest absolute Gasteiger partial charge is 0.249 e. The van der Waals surface area contributed by atoms with E-state index in [2.05, 4.69) is 35.1 Å². The van der Waals surface area contributed by atoms with Gasteiger partial charge in [0.2, 0.25) is 11.9 Å². The molecule has 0 aliphatic carbocycles. The van der Waals surface area contributed by atoms with Crippen LogP contribution in [0.1, 0.15) is 25.8 Å². The average Bonchev–Trinajstić information content (AvgIpc) is 2.62. The standard InChI is InChI=1S/C14H17N3O/c1-9(2)7-12-13(18)16-14-15-11-6-4-3-5-10(11)8-17(12)14/h3-6,9,12H,7-8H2,1-2H3,(H,15,16,18)/t12-/m0/s1. The minimum Gasteiger partial charge on any atom is -0.326 e. The zero-order chi connectivity index (χ0) is 12.7. The Morgan fingerprint density at radius 2 is 2.22 bits per heavy atom. The topological polar surface area (TPSA) is 44.7 Å². The first kappa shape index (κ1) is 11.3. The zero-order valence-electron chi connectivity index (χ0n) is 10.7. The molecule has 1 aromatic carbocycles. The van der Waals surface area contributed by atoms with Crippen LogP contribution in [-0.4, -0.2) is 22.8 Å². The van der Waals surface area contributed by atoms with Crippen molar-refractivity contribution in [3.05, 3.63) is 29.8 Å². The average molecular weight is 243 g/mol. The summed E-state index contributed by atoms with van der Waals surface area (Å²) < 4.78 is 0. The Labute approximate surface area is 107 Å². The normalized spacial score (nSPS) is 21.5. The number of rotatable bonds is 2. The quantitative estimate of drug-likeness (QED) is 0.863. The third-order valence-corrected chi connectivity index (χ3v) is 3.44. The first-order valence-corrected chi connectivity index (χ1v) is 6.39. The van der Waals surface area contributed by atoms with E-state index in [0.717, 1.165) is 18.7 Å². The molecule has 2 heterocycles. The van der Waals surface area contributed by atoms with Crippen LogP contribution < -0.4 is 5.32 Å². The van der Waals surface area contributed by atoms with E-state index >= 15 is 0 Å². The third-order valence-electron chi connectivity index (χ3n) is 3.44. The van der Waals surface area contributed by atoms with Crippen LogP contribution in [0.25, 0.3) is 0 Å². The molecular formula is C14H17N3O. The molecular weight excluding hydrogens is 226 g/mol. The van der Waals surface area contributed by atoms with E-state index in [-0.39, 0.29) is 11.9 Å². The van der Waals surface area contributed by atoms with Gasteiger partial charge in [-0.1, -0.05) is 32.0 Å². The molecule has 94 valence electrons. The second kappa shape index (κ2) is 4.12. The van der Waals surface area contributed by atoms with E-state index < -0.39 is 0 Å². The molecule has 0 bridgehead atoms. The van der Waals surface area contributed by atoms with Crippen LogP contribution in [0, 0.1) is 5.92 Å². The van der Waals surface area contributed by atoms with Crippen molar-refractivity contribution in [2.75, 3.05) is 0 Å². The number of guanidine groups is 1. The summed E-state index contributed by atoms with van der Waals surface area (Å²) in [5.74, 6) is 1.29. The number of nitrogens with zero attached hydrogens (tertiary/aromatic N) is 2. The minimum absolute atomic E-state index is 0.0721. The van der Waals surface area contributed by atoms with Gasteiger partial charge in [0.15, 0.2) is 0 Å². The second-order valence-electron chi connectivity index (χ2n) is 5.33. The molecule has 0 spiro atoms. The van der Waals surface area contributed by atoms with Gasteiger partial charge in [-0.15, -0.1) is 0 Å². The highest BCUT2D eigenvalue weighted by Gasteiger charge is 2.38. The van der Waals surface area contributed by atoms with Gasteiger partial charge < -0.3 is 4.90 Å². The predicted molar refractivity (Wildman–Crippen MR) is 70.5 cm³/mol. The first-order chi connectivity index (χ1) is 8.65. The van der Waals surface area contributed by atoms with E-state index in [9.17, 15) is 4.79 Å². The van der Waals surface area contributed by atoms with Crippen molar-refractivity contribution in [2.45, 2.75) is 32.9 Å². The van der Waals surface area contributed by atoms with Gasteiger partial charge in [-0.25, -0.2) is 4.99 Å². The molecule has 1 saturated heterocycles. The fraction of sp³-hybridized carbons (Fsp3) is 0.429. The summed E-state index contributed by atoms with van der Waals surface area (Å²) in [4.78, 5) is 18.6. The SMILES string of the molecule is CC(C)C[C@H]1C(=O)NC2=Nc3ccccc3CN21. The van der Waals surface area contributed by atoms with Crippen LogP contribution in [0.3, 0.4) is 0 Å². The van der Waals surface area contributed by atoms with Gasteiger partial charge in [0.1, 0.15) is 6.04 Å². The summed E-state index contributed by atoms with van der Waals surface area (Å²) in [6.45, 7) is 5.05. The summed E-state index contributed by atoms with van der Waals surface area (Å²) in [5.41, 5.74) is 2.15. The molecule has 1 atom stereocenters. The van der Waals surface area contributed by atoms with E-state index in [1.54, 1.807) is 0 Å². The van der Waals surface area contributed by atoms with Gasteiger partial charge >= 0.3 is 0 Å².